The fourth-order valence-corrected chi connectivity index (χ4v) is 2.91. The van der Waals surface area contributed by atoms with Gasteiger partial charge in [0.2, 0.25) is 5.91 Å². The van der Waals surface area contributed by atoms with Crippen molar-refractivity contribution in [1.82, 2.24) is 29.6 Å². The number of nitrogens with zero attached hydrogens (tertiary/aromatic N) is 5. The lowest BCUT2D eigenvalue weighted by atomic mass is 10.2. The molecular weight excluding hydrogens is 340 g/mol. The molecule has 0 bridgehead atoms. The van der Waals surface area contributed by atoms with Gasteiger partial charge in [-0.3, -0.25) is 4.79 Å². The van der Waals surface area contributed by atoms with Crippen LogP contribution in [0, 0.1) is 0 Å². The molecular formula is C20H18N6O. The molecule has 27 heavy (non-hydrogen) atoms. The van der Waals surface area contributed by atoms with E-state index in [0.29, 0.717) is 6.54 Å². The molecule has 0 aliphatic heterocycles. The molecule has 1 N–H and O–H groups in total. The lowest BCUT2D eigenvalue weighted by Crippen LogP contribution is -2.27. The average Bonchev–Trinajstić information content (AvgIpc) is 3.39. The summed E-state index contributed by atoms with van der Waals surface area (Å²) in [4.78, 5) is 20.8. The van der Waals surface area contributed by atoms with Gasteiger partial charge in [-0.2, -0.15) is 5.10 Å². The number of aromatic nitrogens is 5. The minimum Gasteiger partial charge on any atom is -0.350 e. The van der Waals surface area contributed by atoms with Crippen LogP contribution in [0.15, 0.2) is 79.6 Å². The predicted octanol–water partition coefficient (Wildman–Crippen LogP) is 2.45. The minimum atomic E-state index is -0.0847. The van der Waals surface area contributed by atoms with Crippen LogP contribution in [0.1, 0.15) is 5.56 Å². The van der Waals surface area contributed by atoms with E-state index in [9.17, 15) is 4.79 Å². The van der Waals surface area contributed by atoms with E-state index in [0.717, 1.165) is 22.6 Å². The molecule has 0 aliphatic carbocycles. The molecule has 2 heterocycles. The van der Waals surface area contributed by atoms with Gasteiger partial charge in [0.1, 0.15) is 25.0 Å². The van der Waals surface area contributed by atoms with Crippen LogP contribution < -0.4 is 5.32 Å². The summed E-state index contributed by atoms with van der Waals surface area (Å²) in [5.74, 6) is 0.687. The van der Waals surface area contributed by atoms with Crippen LogP contribution in [0.5, 0.6) is 0 Å². The van der Waals surface area contributed by atoms with Crippen LogP contribution in [0.3, 0.4) is 0 Å². The normalized spacial score (nSPS) is 10.7. The lowest BCUT2D eigenvalue weighted by Gasteiger charge is -2.11. The zero-order valence-corrected chi connectivity index (χ0v) is 14.6. The van der Waals surface area contributed by atoms with Gasteiger partial charge < -0.3 is 9.88 Å². The molecule has 1 amide bonds. The first-order chi connectivity index (χ1) is 13.3. The summed E-state index contributed by atoms with van der Waals surface area (Å²) < 4.78 is 3.53. The van der Waals surface area contributed by atoms with Gasteiger partial charge in [0, 0.05) is 24.5 Å². The Hall–Kier alpha value is -3.74. The summed E-state index contributed by atoms with van der Waals surface area (Å²) in [7, 11) is 0. The maximum atomic E-state index is 12.5. The number of rotatable bonds is 6. The summed E-state index contributed by atoms with van der Waals surface area (Å²) in [6.45, 7) is 0.611. The highest BCUT2D eigenvalue weighted by molar-refractivity contribution is 5.76. The van der Waals surface area contributed by atoms with E-state index in [2.05, 4.69) is 20.4 Å². The van der Waals surface area contributed by atoms with Crippen LogP contribution in [0.2, 0.25) is 0 Å². The Morgan fingerprint density at radius 1 is 1.04 bits per heavy atom. The van der Waals surface area contributed by atoms with E-state index < -0.39 is 0 Å². The van der Waals surface area contributed by atoms with E-state index in [1.54, 1.807) is 17.2 Å². The van der Waals surface area contributed by atoms with Crippen molar-refractivity contribution in [2.75, 3.05) is 0 Å². The number of amides is 1. The number of nitrogens with one attached hydrogen (secondary N) is 1. The third-order valence-electron chi connectivity index (χ3n) is 4.19. The zero-order chi connectivity index (χ0) is 18.5. The maximum Gasteiger partial charge on any atom is 0.240 e. The van der Waals surface area contributed by atoms with Gasteiger partial charge >= 0.3 is 0 Å². The van der Waals surface area contributed by atoms with Crippen molar-refractivity contribution in [3.8, 4) is 17.1 Å². The quantitative estimate of drug-likeness (QED) is 0.574. The fraction of sp³-hybridized carbons (Fsp3) is 0.100. The Kier molecular flexibility index (Phi) is 4.74. The summed E-state index contributed by atoms with van der Waals surface area (Å²) in [5, 5.41) is 7.13. The first-order valence-corrected chi connectivity index (χ1v) is 8.57. The molecule has 0 radical (unpaired) electrons. The second kappa shape index (κ2) is 7.65. The molecule has 0 atom stereocenters. The number of carbonyl (C=O) groups excluding carboxylic acids is 1. The summed E-state index contributed by atoms with van der Waals surface area (Å²) >= 11 is 0. The van der Waals surface area contributed by atoms with Gasteiger partial charge in [0.25, 0.3) is 0 Å². The van der Waals surface area contributed by atoms with Crippen LogP contribution in [0.4, 0.5) is 0 Å². The summed E-state index contributed by atoms with van der Waals surface area (Å²) in [6.07, 6.45) is 6.64. The van der Waals surface area contributed by atoms with Crippen molar-refractivity contribution < 1.29 is 4.79 Å². The van der Waals surface area contributed by atoms with Crippen molar-refractivity contribution in [1.29, 1.82) is 0 Å². The van der Waals surface area contributed by atoms with E-state index in [-0.39, 0.29) is 12.5 Å². The van der Waals surface area contributed by atoms with Crippen LogP contribution in [-0.2, 0) is 17.9 Å². The van der Waals surface area contributed by atoms with Gasteiger partial charge in [-0.15, -0.1) is 0 Å². The predicted molar refractivity (Wildman–Crippen MR) is 101 cm³/mol. The molecule has 0 spiro atoms. The molecule has 0 saturated heterocycles. The molecule has 2 aromatic carbocycles. The van der Waals surface area contributed by atoms with E-state index in [4.69, 9.17) is 0 Å². The van der Waals surface area contributed by atoms with Gasteiger partial charge in [-0.25, -0.2) is 14.6 Å². The van der Waals surface area contributed by atoms with Crippen LogP contribution >= 0.6 is 0 Å². The van der Waals surface area contributed by atoms with Gasteiger partial charge in [-0.1, -0.05) is 48.5 Å². The fourth-order valence-electron chi connectivity index (χ4n) is 2.91. The zero-order valence-electron chi connectivity index (χ0n) is 14.6. The first-order valence-electron chi connectivity index (χ1n) is 8.57. The van der Waals surface area contributed by atoms with Crippen molar-refractivity contribution in [3.63, 3.8) is 0 Å². The van der Waals surface area contributed by atoms with Crippen molar-refractivity contribution in [2.45, 2.75) is 13.1 Å². The Balaban J connectivity index is 1.44. The highest BCUT2D eigenvalue weighted by Crippen LogP contribution is 2.17. The Labute approximate surface area is 156 Å². The number of hydrogen-bond acceptors (Lipinski definition) is 4. The molecule has 4 aromatic rings. The smallest absolute Gasteiger partial charge is 0.240 e. The van der Waals surface area contributed by atoms with Crippen molar-refractivity contribution >= 4 is 5.91 Å². The molecule has 4 rings (SSSR count). The van der Waals surface area contributed by atoms with E-state index in [1.165, 1.54) is 6.33 Å². The molecule has 7 heteroatoms. The molecule has 0 fully saturated rings. The monoisotopic (exact) mass is 358 g/mol. The molecule has 0 saturated carbocycles. The molecule has 0 aliphatic rings. The van der Waals surface area contributed by atoms with Gasteiger partial charge in [0.05, 0.1) is 5.69 Å². The number of carbonyl (C=O) groups is 1. The third kappa shape index (κ3) is 3.77. The minimum absolute atomic E-state index is 0.0847. The molecule has 0 unspecified atom stereocenters. The maximum absolute atomic E-state index is 12.5. The third-order valence-corrected chi connectivity index (χ3v) is 4.19. The molecule has 134 valence electrons. The molecule has 2 aromatic heterocycles. The van der Waals surface area contributed by atoms with E-state index >= 15 is 0 Å². The van der Waals surface area contributed by atoms with Crippen molar-refractivity contribution in [2.24, 2.45) is 0 Å². The lowest BCUT2D eigenvalue weighted by molar-refractivity contribution is -0.121. The number of hydrogen-bond donors (Lipinski definition) is 1. The largest absolute Gasteiger partial charge is 0.350 e. The standard InChI is InChI=1S/C20H18N6O/c27-19(13-25-11-10-22-20(25)16-6-2-1-3-7-16)23-12-17-8-4-5-9-18(17)26-15-21-14-24-26/h1-11,14-15H,12-13H2,(H,23,27). The average molecular weight is 358 g/mol. The summed E-state index contributed by atoms with van der Waals surface area (Å²) in [5.41, 5.74) is 2.83. The van der Waals surface area contributed by atoms with Gasteiger partial charge in [-0.05, 0) is 11.6 Å². The summed E-state index contributed by atoms with van der Waals surface area (Å²) in [6, 6.07) is 17.6. The van der Waals surface area contributed by atoms with Gasteiger partial charge in [0.15, 0.2) is 0 Å². The van der Waals surface area contributed by atoms with E-state index in [1.807, 2.05) is 65.4 Å². The Bertz CT molecular complexity index is 1020. The number of imidazole rings is 1. The second-order valence-corrected chi connectivity index (χ2v) is 5.99. The number of para-hydroxylation sites is 1. The first kappa shape index (κ1) is 16.7. The highest BCUT2D eigenvalue weighted by Gasteiger charge is 2.11. The highest BCUT2D eigenvalue weighted by atomic mass is 16.1. The Morgan fingerprint density at radius 2 is 1.85 bits per heavy atom. The van der Waals surface area contributed by atoms with Crippen LogP contribution in [0.25, 0.3) is 17.1 Å². The molecule has 7 nitrogen and oxygen atoms in total. The Morgan fingerprint density at radius 3 is 2.67 bits per heavy atom. The second-order valence-electron chi connectivity index (χ2n) is 5.99. The number of benzene rings is 2. The SMILES string of the molecule is O=C(Cn1ccnc1-c1ccccc1)NCc1ccccc1-n1cncn1. The topological polar surface area (TPSA) is 77.6 Å². The van der Waals surface area contributed by atoms with Crippen LogP contribution in [-0.4, -0.2) is 30.2 Å². The van der Waals surface area contributed by atoms with Crippen molar-refractivity contribution in [3.05, 3.63) is 85.2 Å².